The topological polar surface area (TPSA) is 91.0 Å². The number of ether oxygens (including phenoxy) is 1. The Kier molecular flexibility index (Phi) is 3.12. The van der Waals surface area contributed by atoms with Crippen molar-refractivity contribution in [3.63, 3.8) is 0 Å². The van der Waals surface area contributed by atoms with E-state index >= 15 is 0 Å². The Morgan fingerprint density at radius 2 is 2.06 bits per heavy atom. The Morgan fingerprint density at radius 3 is 2.61 bits per heavy atom. The summed E-state index contributed by atoms with van der Waals surface area (Å²) in [4.78, 5) is 15.5. The number of rotatable bonds is 2. The van der Waals surface area contributed by atoms with Crippen molar-refractivity contribution in [2.24, 2.45) is 0 Å². The molecule has 0 amide bonds. The second kappa shape index (κ2) is 4.45. The lowest BCUT2D eigenvalue weighted by Crippen LogP contribution is -2.13. The van der Waals surface area contributed by atoms with Gasteiger partial charge in [-0.3, -0.25) is 0 Å². The Balaban J connectivity index is 2.30. The standard InChI is InChI=1S/C10H12N4O3S/c1-10(2,3)9-11-5(17-14-9)6-12-13-7(18-6)8(15)16-4/h1-4H3. The lowest BCUT2D eigenvalue weighted by molar-refractivity contribution is 0.0599. The molecule has 0 saturated heterocycles. The molecular weight excluding hydrogens is 256 g/mol. The number of hydrogen-bond acceptors (Lipinski definition) is 8. The summed E-state index contributed by atoms with van der Waals surface area (Å²) in [7, 11) is 1.29. The van der Waals surface area contributed by atoms with Gasteiger partial charge in [-0.2, -0.15) is 4.98 Å². The van der Waals surface area contributed by atoms with Crippen molar-refractivity contribution in [2.75, 3.05) is 7.11 Å². The quantitative estimate of drug-likeness (QED) is 0.765. The molecule has 0 radical (unpaired) electrons. The maximum atomic E-state index is 11.2. The van der Waals surface area contributed by atoms with E-state index in [1.165, 1.54) is 7.11 Å². The Labute approximate surface area is 107 Å². The molecule has 18 heavy (non-hydrogen) atoms. The molecule has 0 unspecified atom stereocenters. The molecule has 0 N–H and O–H groups in total. The molecule has 7 nitrogen and oxygen atoms in total. The third kappa shape index (κ3) is 2.37. The maximum Gasteiger partial charge on any atom is 0.369 e. The van der Waals surface area contributed by atoms with Crippen molar-refractivity contribution < 1.29 is 14.1 Å². The first-order valence-electron chi connectivity index (χ1n) is 5.18. The molecule has 0 aromatic carbocycles. The van der Waals surface area contributed by atoms with Crippen molar-refractivity contribution in [1.29, 1.82) is 0 Å². The zero-order valence-corrected chi connectivity index (χ0v) is 11.2. The molecule has 2 aromatic heterocycles. The SMILES string of the molecule is COC(=O)c1nnc(-c2nc(C(C)(C)C)no2)s1. The zero-order valence-electron chi connectivity index (χ0n) is 10.4. The third-order valence-corrected chi connectivity index (χ3v) is 2.96. The molecular formula is C10H12N4O3S. The average Bonchev–Trinajstić information content (AvgIpc) is 2.94. The molecule has 0 saturated carbocycles. The number of aromatic nitrogens is 4. The van der Waals surface area contributed by atoms with Crippen LogP contribution in [0.2, 0.25) is 0 Å². The maximum absolute atomic E-state index is 11.2. The first kappa shape index (κ1) is 12.6. The molecule has 2 heterocycles. The van der Waals surface area contributed by atoms with Crippen LogP contribution in [0.15, 0.2) is 4.52 Å². The lowest BCUT2D eigenvalue weighted by Gasteiger charge is -2.10. The van der Waals surface area contributed by atoms with Gasteiger partial charge in [-0.15, -0.1) is 10.2 Å². The van der Waals surface area contributed by atoms with Crippen LogP contribution < -0.4 is 0 Å². The largest absolute Gasteiger partial charge is 0.464 e. The van der Waals surface area contributed by atoms with Crippen LogP contribution in [-0.2, 0) is 10.2 Å². The van der Waals surface area contributed by atoms with Gasteiger partial charge in [-0.05, 0) is 0 Å². The number of methoxy groups -OCH3 is 1. The van der Waals surface area contributed by atoms with Gasteiger partial charge in [0.15, 0.2) is 5.82 Å². The van der Waals surface area contributed by atoms with Crippen molar-refractivity contribution in [3.8, 4) is 10.9 Å². The average molecular weight is 268 g/mol. The number of nitrogens with zero attached hydrogens (tertiary/aromatic N) is 4. The summed E-state index contributed by atoms with van der Waals surface area (Å²) in [5, 5.41) is 12.0. The van der Waals surface area contributed by atoms with Crippen LogP contribution in [0, 0.1) is 0 Å². The highest BCUT2D eigenvalue weighted by atomic mass is 32.1. The lowest BCUT2D eigenvalue weighted by atomic mass is 9.96. The van der Waals surface area contributed by atoms with E-state index in [1.54, 1.807) is 0 Å². The van der Waals surface area contributed by atoms with Crippen LogP contribution in [0.1, 0.15) is 36.4 Å². The van der Waals surface area contributed by atoms with Crippen LogP contribution in [-0.4, -0.2) is 33.4 Å². The monoisotopic (exact) mass is 268 g/mol. The molecule has 0 aliphatic heterocycles. The van der Waals surface area contributed by atoms with Crippen LogP contribution >= 0.6 is 11.3 Å². The van der Waals surface area contributed by atoms with Gasteiger partial charge < -0.3 is 9.26 Å². The number of carbonyl (C=O) groups excluding carboxylic acids is 1. The summed E-state index contributed by atoms with van der Waals surface area (Å²) >= 11 is 1.05. The highest BCUT2D eigenvalue weighted by Crippen LogP contribution is 2.25. The van der Waals surface area contributed by atoms with Crippen molar-refractivity contribution in [3.05, 3.63) is 10.8 Å². The molecule has 0 spiro atoms. The van der Waals surface area contributed by atoms with Gasteiger partial charge in [0, 0.05) is 5.41 Å². The minimum Gasteiger partial charge on any atom is -0.464 e. The van der Waals surface area contributed by atoms with Crippen molar-refractivity contribution in [1.82, 2.24) is 20.3 Å². The van der Waals surface area contributed by atoms with Gasteiger partial charge in [0.05, 0.1) is 7.11 Å². The van der Waals surface area contributed by atoms with E-state index in [-0.39, 0.29) is 16.3 Å². The molecule has 8 heteroatoms. The first-order chi connectivity index (χ1) is 8.41. The van der Waals surface area contributed by atoms with Crippen LogP contribution in [0.4, 0.5) is 0 Å². The van der Waals surface area contributed by atoms with Gasteiger partial charge in [0.1, 0.15) is 0 Å². The molecule has 0 fully saturated rings. The molecule has 0 bridgehead atoms. The third-order valence-electron chi connectivity index (χ3n) is 2.06. The summed E-state index contributed by atoms with van der Waals surface area (Å²) in [6.07, 6.45) is 0. The Morgan fingerprint density at radius 1 is 1.33 bits per heavy atom. The normalized spacial score (nSPS) is 11.6. The van der Waals surface area contributed by atoms with E-state index in [0.29, 0.717) is 10.8 Å². The predicted octanol–water partition coefficient (Wildman–Crippen LogP) is 1.67. The van der Waals surface area contributed by atoms with E-state index in [1.807, 2.05) is 20.8 Å². The fraction of sp³-hybridized carbons (Fsp3) is 0.500. The minimum absolute atomic E-state index is 0.156. The van der Waals surface area contributed by atoms with Crippen molar-refractivity contribution >= 4 is 17.3 Å². The van der Waals surface area contributed by atoms with Gasteiger partial charge in [-0.1, -0.05) is 37.3 Å². The molecule has 0 atom stereocenters. The van der Waals surface area contributed by atoms with E-state index in [0.717, 1.165) is 11.3 Å². The van der Waals surface area contributed by atoms with E-state index < -0.39 is 5.97 Å². The smallest absolute Gasteiger partial charge is 0.369 e. The zero-order chi connectivity index (χ0) is 13.3. The van der Waals surface area contributed by atoms with Gasteiger partial charge in [0.2, 0.25) is 10.0 Å². The highest BCUT2D eigenvalue weighted by Gasteiger charge is 2.24. The first-order valence-corrected chi connectivity index (χ1v) is 6.00. The molecule has 2 aromatic rings. The summed E-state index contributed by atoms with van der Waals surface area (Å²) < 4.78 is 9.65. The second-order valence-corrected chi connectivity index (χ2v) is 5.55. The van der Waals surface area contributed by atoms with Crippen LogP contribution in [0.3, 0.4) is 0 Å². The van der Waals surface area contributed by atoms with Crippen LogP contribution in [0.5, 0.6) is 0 Å². The van der Waals surface area contributed by atoms with Crippen molar-refractivity contribution in [2.45, 2.75) is 26.2 Å². The minimum atomic E-state index is -0.533. The molecule has 2 rings (SSSR count). The number of carbonyl (C=O) groups is 1. The summed E-state index contributed by atoms with van der Waals surface area (Å²) in [5.41, 5.74) is -0.211. The predicted molar refractivity (Wildman–Crippen MR) is 63.2 cm³/mol. The molecule has 96 valence electrons. The molecule has 0 aliphatic carbocycles. The number of esters is 1. The van der Waals surface area contributed by atoms with E-state index in [4.69, 9.17) is 4.52 Å². The summed E-state index contributed by atoms with van der Waals surface area (Å²) in [5.74, 6) is 0.300. The highest BCUT2D eigenvalue weighted by molar-refractivity contribution is 7.16. The Hall–Kier alpha value is -1.83. The van der Waals surface area contributed by atoms with E-state index in [2.05, 4.69) is 25.1 Å². The summed E-state index contributed by atoms with van der Waals surface area (Å²) in [6.45, 7) is 5.92. The van der Waals surface area contributed by atoms with Gasteiger partial charge >= 0.3 is 5.97 Å². The van der Waals surface area contributed by atoms with E-state index in [9.17, 15) is 4.79 Å². The summed E-state index contributed by atoms with van der Waals surface area (Å²) in [6, 6.07) is 0. The molecule has 0 aliphatic rings. The fourth-order valence-corrected chi connectivity index (χ4v) is 1.78. The van der Waals surface area contributed by atoms with Gasteiger partial charge in [0.25, 0.3) is 5.89 Å². The van der Waals surface area contributed by atoms with Gasteiger partial charge in [-0.25, -0.2) is 4.79 Å². The Bertz CT molecular complexity index is 570. The second-order valence-electron chi connectivity index (χ2n) is 4.58. The van der Waals surface area contributed by atoms with Crippen LogP contribution in [0.25, 0.3) is 10.9 Å². The fourth-order valence-electron chi connectivity index (χ4n) is 1.09. The number of hydrogen-bond donors (Lipinski definition) is 0.